The molecule has 6 nitrogen and oxygen atoms in total. The van der Waals surface area contributed by atoms with E-state index in [1.165, 1.54) is 14.2 Å². The lowest BCUT2D eigenvalue weighted by Gasteiger charge is -2.27. The predicted molar refractivity (Wildman–Crippen MR) is 98.5 cm³/mol. The van der Waals surface area contributed by atoms with Crippen molar-refractivity contribution < 1.29 is 19.1 Å². The summed E-state index contributed by atoms with van der Waals surface area (Å²) < 4.78 is 4.92. The third-order valence-electron chi connectivity index (χ3n) is 5.33. The number of carbonyl (C=O) groups excluding carboxylic acids is 3. The number of amides is 2. The van der Waals surface area contributed by atoms with E-state index >= 15 is 0 Å². The summed E-state index contributed by atoms with van der Waals surface area (Å²) in [4.78, 5) is 40.0. The van der Waals surface area contributed by atoms with Crippen molar-refractivity contribution in [2.45, 2.75) is 36.7 Å². The van der Waals surface area contributed by atoms with Gasteiger partial charge in [-0.1, -0.05) is 19.1 Å². The Labute approximate surface area is 157 Å². The Kier molecular flexibility index (Phi) is 5.12. The van der Waals surface area contributed by atoms with Gasteiger partial charge in [0.25, 0.3) is 0 Å². The molecule has 26 heavy (non-hydrogen) atoms. The lowest BCUT2D eigenvalue weighted by atomic mass is 9.80. The fraction of sp³-hybridized carbons (Fsp3) is 0.526. The number of methoxy groups -OCH3 is 1. The summed E-state index contributed by atoms with van der Waals surface area (Å²) >= 11 is 1.78. The number of imide groups is 1. The van der Waals surface area contributed by atoms with Gasteiger partial charge in [0.1, 0.15) is 5.54 Å². The monoisotopic (exact) mass is 376 g/mol. The summed E-state index contributed by atoms with van der Waals surface area (Å²) in [6, 6.07) is 7.56. The summed E-state index contributed by atoms with van der Waals surface area (Å²) in [6.45, 7) is 3.78. The molecule has 1 aromatic carbocycles. The molecule has 2 saturated heterocycles. The van der Waals surface area contributed by atoms with Crippen molar-refractivity contribution in [3.8, 4) is 0 Å². The predicted octanol–water partition coefficient (Wildman–Crippen LogP) is 2.00. The quantitative estimate of drug-likeness (QED) is 0.481. The molecule has 2 aliphatic rings. The molecule has 0 spiro atoms. The molecule has 2 heterocycles. The lowest BCUT2D eigenvalue weighted by molar-refractivity contribution is -0.152. The van der Waals surface area contributed by atoms with Crippen molar-refractivity contribution in [2.75, 3.05) is 19.9 Å². The Hall–Kier alpha value is -1.86. The Morgan fingerprint density at radius 3 is 2.50 bits per heavy atom. The Morgan fingerprint density at radius 2 is 1.92 bits per heavy atom. The molecule has 0 aliphatic carbocycles. The molecule has 0 aromatic heterocycles. The van der Waals surface area contributed by atoms with Crippen LogP contribution in [-0.4, -0.2) is 48.1 Å². The minimum absolute atomic E-state index is 0.255. The standard InChI is InChI=1S/C19H24N2O4S/c1-5-10-26-12-8-6-11(7-9-12)15-13-14(17(23)21(3)16(13)22)19(2,20-15)18(24)25-4/h6-9,13-15,20H,5,10H2,1-4H3/t13-,14-,15-,19-/m1/s1. The van der Waals surface area contributed by atoms with Gasteiger partial charge in [-0.3, -0.25) is 24.6 Å². The maximum Gasteiger partial charge on any atom is 0.326 e. The highest BCUT2D eigenvalue weighted by atomic mass is 32.2. The molecule has 2 aliphatic heterocycles. The third-order valence-corrected chi connectivity index (χ3v) is 6.55. The van der Waals surface area contributed by atoms with E-state index in [2.05, 4.69) is 12.2 Å². The molecule has 2 fully saturated rings. The molecule has 4 atom stereocenters. The van der Waals surface area contributed by atoms with Gasteiger partial charge in [-0.15, -0.1) is 11.8 Å². The number of rotatable bonds is 5. The smallest absolute Gasteiger partial charge is 0.326 e. The first kappa shape index (κ1) is 18.9. The number of ether oxygens (including phenoxy) is 1. The molecule has 3 rings (SSSR count). The number of nitrogens with zero attached hydrogens (tertiary/aromatic N) is 1. The molecule has 0 radical (unpaired) electrons. The van der Waals surface area contributed by atoms with Crippen LogP contribution in [0.3, 0.4) is 0 Å². The highest BCUT2D eigenvalue weighted by molar-refractivity contribution is 7.99. The molecule has 2 amide bonds. The van der Waals surface area contributed by atoms with Crippen LogP contribution in [0.4, 0.5) is 0 Å². The van der Waals surface area contributed by atoms with Gasteiger partial charge in [0.2, 0.25) is 11.8 Å². The second-order valence-electron chi connectivity index (χ2n) is 6.97. The van der Waals surface area contributed by atoms with Gasteiger partial charge in [0.05, 0.1) is 18.9 Å². The van der Waals surface area contributed by atoms with Crippen molar-refractivity contribution in [2.24, 2.45) is 11.8 Å². The first-order valence-electron chi connectivity index (χ1n) is 8.75. The van der Waals surface area contributed by atoms with Gasteiger partial charge in [0.15, 0.2) is 0 Å². The van der Waals surface area contributed by atoms with Crippen molar-refractivity contribution in [3.63, 3.8) is 0 Å². The van der Waals surface area contributed by atoms with Crippen LogP contribution in [0.2, 0.25) is 0 Å². The maximum absolute atomic E-state index is 12.7. The molecule has 1 aromatic rings. The van der Waals surface area contributed by atoms with Crippen LogP contribution in [-0.2, 0) is 19.1 Å². The number of carbonyl (C=O) groups is 3. The van der Waals surface area contributed by atoms with E-state index in [1.807, 2.05) is 24.3 Å². The fourth-order valence-corrected chi connectivity index (χ4v) is 4.73. The van der Waals surface area contributed by atoms with Crippen molar-refractivity contribution in [1.82, 2.24) is 10.2 Å². The largest absolute Gasteiger partial charge is 0.468 e. The molecule has 1 N–H and O–H groups in total. The molecule has 140 valence electrons. The van der Waals surface area contributed by atoms with E-state index in [1.54, 1.807) is 18.7 Å². The van der Waals surface area contributed by atoms with Crippen LogP contribution in [0.25, 0.3) is 0 Å². The zero-order chi connectivity index (χ0) is 19.1. The van der Waals surface area contributed by atoms with E-state index in [-0.39, 0.29) is 11.8 Å². The number of thioether (sulfide) groups is 1. The van der Waals surface area contributed by atoms with Gasteiger partial charge in [0, 0.05) is 18.0 Å². The van der Waals surface area contributed by atoms with E-state index in [0.717, 1.165) is 27.5 Å². The summed E-state index contributed by atoms with van der Waals surface area (Å²) in [5, 5.41) is 3.23. The number of hydrogen-bond acceptors (Lipinski definition) is 6. The molecule has 0 unspecified atom stereocenters. The normalized spacial score (nSPS) is 30.6. The summed E-state index contributed by atoms with van der Waals surface area (Å²) in [5.74, 6) is -1.43. The molecule has 7 heteroatoms. The van der Waals surface area contributed by atoms with Crippen molar-refractivity contribution >= 4 is 29.5 Å². The topological polar surface area (TPSA) is 75.7 Å². The minimum atomic E-state index is -1.22. The first-order chi connectivity index (χ1) is 12.3. The second kappa shape index (κ2) is 7.04. The Balaban J connectivity index is 1.96. The van der Waals surface area contributed by atoms with Crippen molar-refractivity contribution in [1.29, 1.82) is 0 Å². The maximum atomic E-state index is 12.7. The van der Waals surface area contributed by atoms with E-state index in [4.69, 9.17) is 4.74 Å². The summed E-state index contributed by atoms with van der Waals surface area (Å²) in [6.07, 6.45) is 1.10. The number of esters is 1. The van der Waals surface area contributed by atoms with Gasteiger partial charge in [-0.2, -0.15) is 0 Å². The Morgan fingerprint density at radius 1 is 1.27 bits per heavy atom. The number of fused-ring (bicyclic) bond motifs is 1. The van der Waals surface area contributed by atoms with Crippen molar-refractivity contribution in [3.05, 3.63) is 29.8 Å². The summed E-state index contributed by atoms with van der Waals surface area (Å²) in [5.41, 5.74) is -0.332. The Bertz CT molecular complexity index is 736. The summed E-state index contributed by atoms with van der Waals surface area (Å²) in [7, 11) is 2.77. The zero-order valence-electron chi connectivity index (χ0n) is 15.4. The average molecular weight is 376 g/mol. The third kappa shape index (κ3) is 2.83. The highest BCUT2D eigenvalue weighted by Crippen LogP contribution is 2.48. The highest BCUT2D eigenvalue weighted by Gasteiger charge is 2.66. The van der Waals surface area contributed by atoms with Crippen LogP contribution >= 0.6 is 11.8 Å². The zero-order valence-corrected chi connectivity index (χ0v) is 16.3. The lowest BCUT2D eigenvalue weighted by Crippen LogP contribution is -2.53. The molecular weight excluding hydrogens is 352 g/mol. The SMILES string of the molecule is CCCSc1ccc([C@H]2N[C@@](C)(C(=O)OC)[C@H]3C(=O)N(C)C(=O)[C@@H]23)cc1. The number of likely N-dealkylation sites (tertiary alicyclic amines) is 1. The number of benzene rings is 1. The van der Waals surface area contributed by atoms with Crippen LogP contribution < -0.4 is 5.32 Å². The number of nitrogens with one attached hydrogen (secondary N) is 1. The van der Waals surface area contributed by atoms with Crippen LogP contribution in [0.1, 0.15) is 31.9 Å². The van der Waals surface area contributed by atoms with Gasteiger partial charge in [-0.25, -0.2) is 0 Å². The molecule has 0 bridgehead atoms. The fourth-order valence-electron chi connectivity index (χ4n) is 3.96. The van der Waals surface area contributed by atoms with Crippen LogP contribution in [0, 0.1) is 11.8 Å². The van der Waals surface area contributed by atoms with E-state index in [9.17, 15) is 14.4 Å². The number of hydrogen-bond donors (Lipinski definition) is 1. The van der Waals surface area contributed by atoms with Crippen LogP contribution in [0.5, 0.6) is 0 Å². The average Bonchev–Trinajstić information content (AvgIpc) is 3.09. The first-order valence-corrected chi connectivity index (χ1v) is 9.74. The molecule has 0 saturated carbocycles. The van der Waals surface area contributed by atoms with Crippen LogP contribution in [0.15, 0.2) is 29.2 Å². The second-order valence-corrected chi connectivity index (χ2v) is 8.14. The van der Waals surface area contributed by atoms with Gasteiger partial charge in [-0.05, 0) is 36.8 Å². The van der Waals surface area contributed by atoms with E-state index < -0.39 is 29.4 Å². The van der Waals surface area contributed by atoms with Gasteiger partial charge >= 0.3 is 5.97 Å². The van der Waals surface area contributed by atoms with Gasteiger partial charge < -0.3 is 4.74 Å². The van der Waals surface area contributed by atoms with E-state index in [0.29, 0.717) is 0 Å². The molecular formula is C19H24N2O4S. The minimum Gasteiger partial charge on any atom is -0.468 e.